The van der Waals surface area contributed by atoms with Crippen LogP contribution in [0.25, 0.3) is 0 Å². The molecule has 0 aliphatic rings. The van der Waals surface area contributed by atoms with Crippen LogP contribution < -0.4 is 4.74 Å². The second-order valence-corrected chi connectivity index (χ2v) is 4.37. The third-order valence-electron chi connectivity index (χ3n) is 2.89. The largest absolute Gasteiger partial charge is 0.494 e. The average molecular weight is 274 g/mol. The Labute approximate surface area is 116 Å². The number of aromatic nitrogens is 1. The van der Waals surface area contributed by atoms with Crippen molar-refractivity contribution in [1.29, 1.82) is 0 Å². The van der Waals surface area contributed by atoms with Crippen LogP contribution in [0.1, 0.15) is 15.9 Å². The molecular formula is C15H15FN2O2. The van der Waals surface area contributed by atoms with Crippen molar-refractivity contribution in [2.75, 3.05) is 14.2 Å². The number of pyridine rings is 1. The van der Waals surface area contributed by atoms with Crippen molar-refractivity contribution in [2.45, 2.75) is 6.54 Å². The van der Waals surface area contributed by atoms with Crippen molar-refractivity contribution in [3.05, 3.63) is 59.7 Å². The first-order valence-corrected chi connectivity index (χ1v) is 6.09. The Bertz CT molecular complexity index is 602. The van der Waals surface area contributed by atoms with Crippen LogP contribution in [0.15, 0.2) is 42.7 Å². The predicted octanol–water partition coefficient (Wildman–Crippen LogP) is 2.50. The van der Waals surface area contributed by atoms with Gasteiger partial charge in [0.25, 0.3) is 5.91 Å². The minimum absolute atomic E-state index is 0.122. The summed E-state index contributed by atoms with van der Waals surface area (Å²) >= 11 is 0. The van der Waals surface area contributed by atoms with Gasteiger partial charge in [0.05, 0.1) is 7.11 Å². The highest BCUT2D eigenvalue weighted by atomic mass is 19.1. The Balaban J connectivity index is 2.12. The molecule has 0 fully saturated rings. The Hall–Kier alpha value is -2.43. The molecule has 20 heavy (non-hydrogen) atoms. The summed E-state index contributed by atoms with van der Waals surface area (Å²) in [6.45, 7) is 0.417. The number of carbonyl (C=O) groups excluding carboxylic acids is 1. The van der Waals surface area contributed by atoms with Crippen molar-refractivity contribution in [2.24, 2.45) is 0 Å². The van der Waals surface area contributed by atoms with E-state index in [1.165, 1.54) is 24.1 Å². The van der Waals surface area contributed by atoms with Crippen molar-refractivity contribution in [3.8, 4) is 5.75 Å². The molecule has 0 saturated carbocycles. The van der Waals surface area contributed by atoms with Gasteiger partial charge in [0.2, 0.25) is 0 Å². The minimum atomic E-state index is -0.548. The molecule has 2 aromatic rings. The van der Waals surface area contributed by atoms with E-state index in [1.54, 1.807) is 31.6 Å². The first-order chi connectivity index (χ1) is 9.61. The molecule has 1 heterocycles. The van der Waals surface area contributed by atoms with Crippen LogP contribution in [0.3, 0.4) is 0 Å². The number of hydrogen-bond donors (Lipinski definition) is 0. The number of amides is 1. The number of rotatable bonds is 4. The maximum atomic E-state index is 13.6. The van der Waals surface area contributed by atoms with Crippen LogP contribution in [0.5, 0.6) is 5.75 Å². The van der Waals surface area contributed by atoms with Gasteiger partial charge in [-0.2, -0.15) is 0 Å². The zero-order valence-corrected chi connectivity index (χ0v) is 11.3. The minimum Gasteiger partial charge on any atom is -0.494 e. The first-order valence-electron chi connectivity index (χ1n) is 6.09. The molecule has 0 aliphatic carbocycles. The summed E-state index contributed by atoms with van der Waals surface area (Å²) in [5.41, 5.74) is 1.20. The second kappa shape index (κ2) is 6.14. The fourth-order valence-electron chi connectivity index (χ4n) is 1.86. The molecule has 0 unspecified atom stereocenters. The van der Waals surface area contributed by atoms with Crippen molar-refractivity contribution >= 4 is 5.91 Å². The normalized spacial score (nSPS) is 10.2. The maximum absolute atomic E-state index is 13.6. The summed E-state index contributed by atoms with van der Waals surface area (Å²) in [7, 11) is 3.05. The van der Waals surface area contributed by atoms with Gasteiger partial charge in [-0.25, -0.2) is 4.39 Å². The lowest BCUT2D eigenvalue weighted by atomic mass is 10.1. The van der Waals surface area contributed by atoms with Gasteiger partial charge < -0.3 is 9.64 Å². The van der Waals surface area contributed by atoms with Crippen LogP contribution in [-0.4, -0.2) is 29.9 Å². The zero-order chi connectivity index (χ0) is 14.5. The Morgan fingerprint density at radius 2 is 2.20 bits per heavy atom. The predicted molar refractivity (Wildman–Crippen MR) is 73.0 cm³/mol. The summed E-state index contributed by atoms with van der Waals surface area (Å²) < 4.78 is 18.4. The smallest absolute Gasteiger partial charge is 0.254 e. The molecule has 1 amide bonds. The molecule has 0 atom stereocenters. The lowest BCUT2D eigenvalue weighted by molar-refractivity contribution is 0.0784. The van der Waals surface area contributed by atoms with Crippen LogP contribution in [0.4, 0.5) is 4.39 Å². The van der Waals surface area contributed by atoms with Crippen LogP contribution in [0.2, 0.25) is 0 Å². The number of methoxy groups -OCH3 is 1. The fourth-order valence-corrected chi connectivity index (χ4v) is 1.86. The molecular weight excluding hydrogens is 259 g/mol. The van der Waals surface area contributed by atoms with Crippen molar-refractivity contribution in [1.82, 2.24) is 9.88 Å². The summed E-state index contributed by atoms with van der Waals surface area (Å²) in [4.78, 5) is 17.7. The van der Waals surface area contributed by atoms with E-state index in [9.17, 15) is 9.18 Å². The SMILES string of the molecule is COc1ccc(C(=O)N(C)Cc2cccnc2)cc1F. The summed E-state index contributed by atoms with van der Waals surface area (Å²) in [6.07, 6.45) is 3.36. The molecule has 0 radical (unpaired) electrons. The number of halogens is 1. The van der Waals surface area contributed by atoms with E-state index in [0.717, 1.165) is 5.56 Å². The molecule has 0 aliphatic heterocycles. The lowest BCUT2D eigenvalue weighted by Crippen LogP contribution is -2.26. The van der Waals surface area contributed by atoms with Gasteiger partial charge >= 0.3 is 0 Å². The van der Waals surface area contributed by atoms with E-state index in [-0.39, 0.29) is 17.2 Å². The van der Waals surface area contributed by atoms with E-state index >= 15 is 0 Å². The van der Waals surface area contributed by atoms with Crippen LogP contribution in [0, 0.1) is 5.82 Å². The molecule has 4 nitrogen and oxygen atoms in total. The van der Waals surface area contributed by atoms with E-state index in [2.05, 4.69) is 4.98 Å². The van der Waals surface area contributed by atoms with Gasteiger partial charge in [-0.1, -0.05) is 6.07 Å². The number of carbonyl (C=O) groups is 1. The van der Waals surface area contributed by atoms with E-state index < -0.39 is 5.82 Å². The highest BCUT2D eigenvalue weighted by molar-refractivity contribution is 5.94. The molecule has 104 valence electrons. The van der Waals surface area contributed by atoms with Crippen molar-refractivity contribution in [3.63, 3.8) is 0 Å². The molecule has 2 rings (SSSR count). The highest BCUT2D eigenvalue weighted by Gasteiger charge is 2.14. The van der Waals surface area contributed by atoms with Gasteiger partial charge in [0.15, 0.2) is 11.6 Å². The molecule has 0 spiro atoms. The number of ether oxygens (including phenoxy) is 1. The molecule has 5 heteroatoms. The zero-order valence-electron chi connectivity index (χ0n) is 11.3. The molecule has 0 saturated heterocycles. The number of hydrogen-bond acceptors (Lipinski definition) is 3. The van der Waals surface area contributed by atoms with E-state index in [0.29, 0.717) is 6.54 Å². The third kappa shape index (κ3) is 3.12. The van der Waals surface area contributed by atoms with Gasteiger partial charge in [0.1, 0.15) is 0 Å². The third-order valence-corrected chi connectivity index (χ3v) is 2.89. The van der Waals surface area contributed by atoms with Gasteiger partial charge in [-0.05, 0) is 29.8 Å². The second-order valence-electron chi connectivity index (χ2n) is 4.37. The molecule has 1 aromatic carbocycles. The summed E-state index contributed by atoms with van der Waals surface area (Å²) in [5.74, 6) is -0.681. The molecule has 0 bridgehead atoms. The Morgan fingerprint density at radius 1 is 1.40 bits per heavy atom. The van der Waals surface area contributed by atoms with E-state index in [4.69, 9.17) is 4.74 Å². The van der Waals surface area contributed by atoms with Crippen molar-refractivity contribution < 1.29 is 13.9 Å². The maximum Gasteiger partial charge on any atom is 0.254 e. The quantitative estimate of drug-likeness (QED) is 0.860. The Kier molecular flexibility index (Phi) is 4.30. The Morgan fingerprint density at radius 3 is 2.80 bits per heavy atom. The van der Waals surface area contributed by atoms with Gasteiger partial charge in [-0.15, -0.1) is 0 Å². The average Bonchev–Trinajstić information content (AvgIpc) is 2.47. The highest BCUT2D eigenvalue weighted by Crippen LogP contribution is 2.18. The van der Waals surface area contributed by atoms with E-state index in [1.807, 2.05) is 6.07 Å². The van der Waals surface area contributed by atoms with Gasteiger partial charge in [0, 0.05) is 31.5 Å². The lowest BCUT2D eigenvalue weighted by Gasteiger charge is -2.17. The standard InChI is InChI=1S/C15H15FN2O2/c1-18(10-11-4-3-7-17-9-11)15(19)12-5-6-14(20-2)13(16)8-12/h3-9H,10H2,1-2H3. The number of nitrogens with zero attached hydrogens (tertiary/aromatic N) is 2. The van der Waals surface area contributed by atoms with Crippen LogP contribution >= 0.6 is 0 Å². The first kappa shape index (κ1) is 14.0. The van der Waals surface area contributed by atoms with Crippen LogP contribution in [-0.2, 0) is 6.54 Å². The molecule has 0 N–H and O–H groups in total. The fraction of sp³-hybridized carbons (Fsp3) is 0.200. The topological polar surface area (TPSA) is 42.4 Å². The summed E-state index contributed by atoms with van der Waals surface area (Å²) in [6, 6.07) is 7.86. The molecule has 1 aromatic heterocycles. The van der Waals surface area contributed by atoms with Gasteiger partial charge in [-0.3, -0.25) is 9.78 Å². The number of benzene rings is 1. The summed E-state index contributed by atoms with van der Waals surface area (Å²) in [5, 5.41) is 0. The monoisotopic (exact) mass is 274 g/mol.